The van der Waals surface area contributed by atoms with Gasteiger partial charge in [0.15, 0.2) is 34.6 Å². The van der Waals surface area contributed by atoms with Crippen molar-refractivity contribution < 1.29 is 43.9 Å². The van der Waals surface area contributed by atoms with Crippen molar-refractivity contribution in [2.24, 2.45) is 0 Å². The van der Waals surface area contributed by atoms with E-state index < -0.39 is 17.8 Å². The summed E-state index contributed by atoms with van der Waals surface area (Å²) >= 11 is 0. The lowest BCUT2D eigenvalue weighted by molar-refractivity contribution is -0.138. The van der Waals surface area contributed by atoms with Crippen LogP contribution in [0.15, 0.2) is 66.7 Å². The average Bonchev–Trinajstić information content (AvgIpc) is 2.81. The van der Waals surface area contributed by atoms with Gasteiger partial charge in [-0.2, -0.15) is 0 Å². The van der Waals surface area contributed by atoms with Crippen LogP contribution in [0.4, 0.5) is 4.39 Å². The van der Waals surface area contributed by atoms with Gasteiger partial charge in [-0.3, -0.25) is 0 Å². The Hall–Kier alpha value is -4.79. The Kier molecular flexibility index (Phi) is 7.50. The first-order valence-corrected chi connectivity index (χ1v) is 9.78. The van der Waals surface area contributed by atoms with E-state index in [4.69, 9.17) is 9.47 Å². The third-order valence-electron chi connectivity index (χ3n) is 4.41. The van der Waals surface area contributed by atoms with Crippen LogP contribution in [0, 0.1) is 5.82 Å². The second kappa shape index (κ2) is 10.7. The first-order chi connectivity index (χ1) is 16.2. The molecular formula is C25H19FO8. The van der Waals surface area contributed by atoms with Crippen molar-refractivity contribution in [3.05, 3.63) is 89.3 Å². The molecule has 3 rings (SSSR count). The summed E-state index contributed by atoms with van der Waals surface area (Å²) in [6, 6.07) is 11.6. The third kappa shape index (κ3) is 6.60. The van der Waals surface area contributed by atoms with Crippen LogP contribution in [0.25, 0.3) is 12.2 Å². The fraction of sp³-hybridized carbons (Fsp3) is 0.0400. The summed E-state index contributed by atoms with van der Waals surface area (Å²) < 4.78 is 24.2. The van der Waals surface area contributed by atoms with Crippen LogP contribution in [-0.4, -0.2) is 32.4 Å². The van der Waals surface area contributed by atoms with Crippen LogP contribution in [0.3, 0.4) is 0 Å². The Morgan fingerprint density at radius 1 is 0.735 bits per heavy atom. The maximum atomic E-state index is 14.3. The van der Waals surface area contributed by atoms with Crippen LogP contribution in [0.1, 0.15) is 16.7 Å². The maximum Gasteiger partial charge on any atom is 0.336 e. The van der Waals surface area contributed by atoms with E-state index in [1.165, 1.54) is 60.7 Å². The van der Waals surface area contributed by atoms with E-state index in [1.54, 1.807) is 0 Å². The minimum Gasteiger partial charge on any atom is -0.504 e. The standard InChI is InChI=1S/C25H19FO8/c26-18-11-17(14-33-24(31)9-4-15-1-6-19(27)21(29)12-15)3-8-23(18)34-25(32)10-5-16-2-7-20(28)22(30)13-16/h1-13,27-30H,14H2/b9-4+,10-5+. The minimum absolute atomic E-state index is 0.237. The van der Waals surface area contributed by atoms with Gasteiger partial charge in [0.1, 0.15) is 6.61 Å². The van der Waals surface area contributed by atoms with Crippen molar-refractivity contribution in [2.75, 3.05) is 0 Å². The van der Waals surface area contributed by atoms with Gasteiger partial charge in [-0.15, -0.1) is 0 Å². The lowest BCUT2D eigenvalue weighted by Crippen LogP contribution is -2.06. The van der Waals surface area contributed by atoms with Gasteiger partial charge >= 0.3 is 11.9 Å². The molecule has 0 bridgehead atoms. The summed E-state index contributed by atoms with van der Waals surface area (Å²) in [6.45, 7) is -0.237. The van der Waals surface area contributed by atoms with E-state index in [0.29, 0.717) is 16.7 Å². The molecule has 0 saturated carbocycles. The predicted octanol–water partition coefficient (Wildman–Crippen LogP) is 4.02. The summed E-state index contributed by atoms with van der Waals surface area (Å²) in [5, 5.41) is 37.4. The highest BCUT2D eigenvalue weighted by molar-refractivity contribution is 5.89. The normalized spacial score (nSPS) is 11.1. The predicted molar refractivity (Wildman–Crippen MR) is 119 cm³/mol. The van der Waals surface area contributed by atoms with Gasteiger partial charge in [-0.25, -0.2) is 14.0 Å². The average molecular weight is 466 g/mol. The van der Waals surface area contributed by atoms with Gasteiger partial charge in [-0.1, -0.05) is 18.2 Å². The minimum atomic E-state index is -0.865. The number of esters is 2. The second-order valence-electron chi connectivity index (χ2n) is 6.96. The van der Waals surface area contributed by atoms with Crippen LogP contribution in [0.2, 0.25) is 0 Å². The number of phenolic OH excluding ortho intramolecular Hbond substituents is 4. The topological polar surface area (TPSA) is 134 Å². The summed E-state index contributed by atoms with van der Waals surface area (Å²) in [7, 11) is 0. The highest BCUT2D eigenvalue weighted by atomic mass is 19.1. The van der Waals surface area contributed by atoms with Crippen molar-refractivity contribution in [1.82, 2.24) is 0 Å². The highest BCUT2D eigenvalue weighted by Crippen LogP contribution is 2.26. The largest absolute Gasteiger partial charge is 0.504 e. The Morgan fingerprint density at radius 2 is 1.29 bits per heavy atom. The molecule has 8 nitrogen and oxygen atoms in total. The van der Waals surface area contributed by atoms with Crippen LogP contribution in [-0.2, 0) is 20.9 Å². The lowest BCUT2D eigenvalue weighted by Gasteiger charge is -2.06. The summed E-state index contributed by atoms with van der Waals surface area (Å²) in [5.41, 5.74) is 1.19. The zero-order valence-corrected chi connectivity index (χ0v) is 17.5. The fourth-order valence-electron chi connectivity index (χ4n) is 2.68. The molecule has 0 saturated heterocycles. The summed E-state index contributed by atoms with van der Waals surface area (Å²) in [5.74, 6) is -4.02. The Bertz CT molecular complexity index is 1280. The molecule has 0 aromatic heterocycles. The molecule has 0 aliphatic carbocycles. The number of halogens is 1. The van der Waals surface area contributed by atoms with Crippen molar-refractivity contribution >= 4 is 24.1 Å². The molecule has 0 aliphatic rings. The van der Waals surface area contributed by atoms with Crippen molar-refractivity contribution in [3.63, 3.8) is 0 Å². The molecule has 0 heterocycles. The molecule has 3 aromatic carbocycles. The van der Waals surface area contributed by atoms with Gasteiger partial charge in [-0.05, 0) is 65.2 Å². The number of phenols is 4. The smallest absolute Gasteiger partial charge is 0.336 e. The van der Waals surface area contributed by atoms with Crippen molar-refractivity contribution in [2.45, 2.75) is 6.61 Å². The SMILES string of the molecule is O=C(/C=C/c1ccc(O)c(O)c1)OCc1ccc(OC(=O)/C=C/c2ccc(O)c(O)c2)c(F)c1. The number of hydrogen-bond acceptors (Lipinski definition) is 8. The van der Waals surface area contributed by atoms with Crippen LogP contribution < -0.4 is 4.74 Å². The second-order valence-corrected chi connectivity index (χ2v) is 6.96. The molecule has 0 radical (unpaired) electrons. The first-order valence-electron chi connectivity index (χ1n) is 9.78. The zero-order chi connectivity index (χ0) is 24.7. The number of rotatable bonds is 7. The van der Waals surface area contributed by atoms with Gasteiger partial charge < -0.3 is 29.9 Å². The van der Waals surface area contributed by atoms with Gasteiger partial charge in [0.05, 0.1) is 0 Å². The molecule has 34 heavy (non-hydrogen) atoms. The number of carbonyl (C=O) groups is 2. The van der Waals surface area contributed by atoms with Gasteiger partial charge in [0, 0.05) is 12.2 Å². The van der Waals surface area contributed by atoms with E-state index in [9.17, 15) is 34.4 Å². The lowest BCUT2D eigenvalue weighted by atomic mass is 10.2. The van der Waals surface area contributed by atoms with Crippen LogP contribution >= 0.6 is 0 Å². The number of aromatic hydroxyl groups is 4. The third-order valence-corrected chi connectivity index (χ3v) is 4.41. The molecule has 0 atom stereocenters. The molecule has 0 unspecified atom stereocenters. The van der Waals surface area contributed by atoms with E-state index in [0.717, 1.165) is 18.2 Å². The molecule has 9 heteroatoms. The molecule has 3 aromatic rings. The van der Waals surface area contributed by atoms with E-state index in [1.807, 2.05) is 0 Å². The maximum absolute atomic E-state index is 14.3. The Morgan fingerprint density at radius 3 is 1.82 bits per heavy atom. The molecule has 0 aliphatic heterocycles. The molecule has 0 fully saturated rings. The molecule has 0 spiro atoms. The van der Waals surface area contributed by atoms with Gasteiger partial charge in [0.25, 0.3) is 0 Å². The van der Waals surface area contributed by atoms with Crippen molar-refractivity contribution in [3.8, 4) is 28.7 Å². The molecular weight excluding hydrogens is 447 g/mol. The Labute approximate surface area is 193 Å². The monoisotopic (exact) mass is 466 g/mol. The zero-order valence-electron chi connectivity index (χ0n) is 17.5. The Balaban J connectivity index is 1.53. The first kappa shape index (κ1) is 23.9. The van der Waals surface area contributed by atoms with E-state index in [2.05, 4.69) is 0 Å². The van der Waals surface area contributed by atoms with E-state index >= 15 is 0 Å². The van der Waals surface area contributed by atoms with E-state index in [-0.39, 0.29) is 35.4 Å². The summed E-state index contributed by atoms with van der Waals surface area (Å²) in [4.78, 5) is 23.8. The fourth-order valence-corrected chi connectivity index (χ4v) is 2.68. The number of carbonyl (C=O) groups excluding carboxylic acids is 2. The molecule has 174 valence electrons. The summed E-state index contributed by atoms with van der Waals surface area (Å²) in [6.07, 6.45) is 4.83. The van der Waals surface area contributed by atoms with Crippen LogP contribution in [0.5, 0.6) is 28.7 Å². The number of hydrogen-bond donors (Lipinski definition) is 4. The number of benzene rings is 3. The van der Waals surface area contributed by atoms with Gasteiger partial charge in [0.2, 0.25) is 0 Å². The quantitative estimate of drug-likeness (QED) is 0.178. The highest BCUT2D eigenvalue weighted by Gasteiger charge is 2.10. The molecule has 0 amide bonds. The number of ether oxygens (including phenoxy) is 2. The molecule has 4 N–H and O–H groups in total. The van der Waals surface area contributed by atoms with Crippen molar-refractivity contribution in [1.29, 1.82) is 0 Å².